The van der Waals surface area contributed by atoms with E-state index in [9.17, 15) is 0 Å². The minimum atomic E-state index is 1.03. The van der Waals surface area contributed by atoms with Gasteiger partial charge in [0.15, 0.2) is 0 Å². The monoisotopic (exact) mass is 135 g/mol. The minimum absolute atomic E-state index is 1.03. The van der Waals surface area contributed by atoms with Crippen molar-refractivity contribution in [3.8, 4) is 0 Å². The predicted octanol–water partition coefficient (Wildman–Crippen LogP) is 2.59. The zero-order valence-corrected chi connectivity index (χ0v) is 6.84. The van der Waals surface area contributed by atoms with Crippen molar-refractivity contribution in [1.82, 2.24) is 0 Å². The van der Waals surface area contributed by atoms with Crippen LogP contribution in [0.5, 0.6) is 0 Å². The summed E-state index contributed by atoms with van der Waals surface area (Å²) in [5.41, 5.74) is 0. The smallest absolute Gasteiger partial charge is 0.0775 e. The van der Waals surface area contributed by atoms with Crippen LogP contribution in [-0.4, -0.2) is 7.28 Å². The first kappa shape index (κ1) is 6.76. The van der Waals surface area contributed by atoms with Gasteiger partial charge in [-0.3, -0.25) is 0 Å². The fraction of sp³-hybridized carbons (Fsp3) is 1.00. The Morgan fingerprint density at radius 3 is 2.20 bits per heavy atom. The van der Waals surface area contributed by atoms with E-state index in [1.807, 2.05) is 0 Å². The van der Waals surface area contributed by atoms with Gasteiger partial charge in [-0.15, -0.1) is 0 Å². The minimum Gasteiger partial charge on any atom is -0.0775 e. The lowest BCUT2D eigenvalue weighted by molar-refractivity contribution is 0.221. The van der Waals surface area contributed by atoms with Crippen molar-refractivity contribution in [3.05, 3.63) is 0 Å². The molecule has 10 heavy (non-hydrogen) atoms. The van der Waals surface area contributed by atoms with E-state index in [0.29, 0.717) is 0 Å². The zero-order chi connectivity index (χ0) is 6.97. The molecule has 0 aromatic heterocycles. The molecule has 2 unspecified atom stereocenters. The third-order valence-corrected chi connectivity index (χ3v) is 3.14. The molecule has 0 nitrogen and oxygen atoms in total. The van der Waals surface area contributed by atoms with Crippen LogP contribution in [0, 0.1) is 17.8 Å². The Morgan fingerprint density at radius 1 is 1.00 bits per heavy atom. The molecule has 0 N–H and O–H groups in total. The summed E-state index contributed by atoms with van der Waals surface area (Å²) < 4.78 is 0. The fourth-order valence-corrected chi connectivity index (χ4v) is 2.85. The first-order valence-corrected chi connectivity index (χ1v) is 4.66. The number of hydrogen-bond donors (Lipinski definition) is 0. The highest BCUT2D eigenvalue weighted by molar-refractivity contribution is 6.35. The van der Waals surface area contributed by atoms with Crippen LogP contribution in [-0.2, 0) is 0 Å². The van der Waals surface area contributed by atoms with Gasteiger partial charge in [0.2, 0.25) is 0 Å². The molecule has 55 valence electrons. The van der Waals surface area contributed by atoms with E-state index in [0.717, 1.165) is 17.8 Å². The molecular formula is C9H16B. The van der Waals surface area contributed by atoms with Crippen LogP contribution in [0.3, 0.4) is 0 Å². The van der Waals surface area contributed by atoms with E-state index in [-0.39, 0.29) is 0 Å². The molecule has 0 aromatic carbocycles. The average Bonchev–Trinajstić information content (AvgIpc) is 1.85. The Bertz CT molecular complexity index is 106. The Labute approximate surface area is 64.6 Å². The van der Waals surface area contributed by atoms with Crippen molar-refractivity contribution in [2.45, 2.75) is 38.8 Å². The van der Waals surface area contributed by atoms with Crippen molar-refractivity contribution in [1.29, 1.82) is 0 Å². The zero-order valence-electron chi connectivity index (χ0n) is 6.84. The summed E-state index contributed by atoms with van der Waals surface area (Å²) in [5, 5.41) is 0. The maximum Gasteiger partial charge on any atom is 0.110 e. The molecule has 0 spiro atoms. The first-order valence-electron chi connectivity index (χ1n) is 4.66. The highest BCUT2D eigenvalue weighted by Gasteiger charge is 2.29. The van der Waals surface area contributed by atoms with Gasteiger partial charge in [0.25, 0.3) is 0 Å². The Kier molecular flexibility index (Phi) is 1.75. The summed E-state index contributed by atoms with van der Waals surface area (Å²) in [6.07, 6.45) is 7.39. The number of hydrogen-bond acceptors (Lipinski definition) is 0. The van der Waals surface area contributed by atoms with Crippen molar-refractivity contribution in [2.24, 2.45) is 17.8 Å². The summed E-state index contributed by atoms with van der Waals surface area (Å²) in [6.45, 7) is 2.42. The third-order valence-electron chi connectivity index (χ3n) is 3.14. The van der Waals surface area contributed by atoms with Crippen molar-refractivity contribution >= 4 is 7.28 Å². The van der Waals surface area contributed by atoms with Gasteiger partial charge in [-0.1, -0.05) is 19.6 Å². The third kappa shape index (κ3) is 1.23. The fourth-order valence-electron chi connectivity index (χ4n) is 2.85. The quantitative estimate of drug-likeness (QED) is 0.448. The summed E-state index contributed by atoms with van der Waals surface area (Å²) in [6, 6.07) is 0. The largest absolute Gasteiger partial charge is 0.110 e. The van der Waals surface area contributed by atoms with Gasteiger partial charge >= 0.3 is 0 Å². The van der Waals surface area contributed by atoms with Gasteiger partial charge in [-0.05, 0) is 37.0 Å². The van der Waals surface area contributed by atoms with Crippen LogP contribution in [0.4, 0.5) is 0 Å². The molecule has 1 aliphatic carbocycles. The lowest BCUT2D eigenvalue weighted by atomic mass is 9.52. The maximum absolute atomic E-state index is 2.52. The molecule has 1 radical (unpaired) electrons. The maximum atomic E-state index is 2.52. The van der Waals surface area contributed by atoms with Crippen molar-refractivity contribution in [2.75, 3.05) is 0 Å². The van der Waals surface area contributed by atoms with Gasteiger partial charge in [0.1, 0.15) is 7.28 Å². The molecule has 1 saturated heterocycles. The Balaban J connectivity index is 1.98. The molecule has 2 atom stereocenters. The van der Waals surface area contributed by atoms with Gasteiger partial charge in [0.05, 0.1) is 0 Å². The van der Waals surface area contributed by atoms with Crippen LogP contribution in [0.2, 0.25) is 12.6 Å². The van der Waals surface area contributed by atoms with Crippen LogP contribution in [0.1, 0.15) is 26.2 Å². The molecule has 0 amide bonds. The summed E-state index contributed by atoms with van der Waals surface area (Å²) in [4.78, 5) is 0. The molecular weight excluding hydrogens is 119 g/mol. The second-order valence-corrected chi connectivity index (χ2v) is 4.30. The molecule has 2 rings (SSSR count). The number of rotatable bonds is 0. The molecule has 2 bridgehead atoms. The lowest BCUT2D eigenvalue weighted by Crippen LogP contribution is -2.27. The predicted molar refractivity (Wildman–Crippen MR) is 45.4 cm³/mol. The van der Waals surface area contributed by atoms with E-state index in [4.69, 9.17) is 0 Å². The van der Waals surface area contributed by atoms with Crippen molar-refractivity contribution < 1.29 is 0 Å². The topological polar surface area (TPSA) is 0 Å². The highest BCUT2D eigenvalue weighted by atomic mass is 14.3. The Morgan fingerprint density at radius 2 is 1.60 bits per heavy atom. The average molecular weight is 135 g/mol. The highest BCUT2D eigenvalue weighted by Crippen LogP contribution is 2.40. The summed E-state index contributed by atoms with van der Waals surface area (Å²) >= 11 is 0. The second-order valence-electron chi connectivity index (χ2n) is 4.30. The Hall–Kier alpha value is 0.0649. The molecule has 1 aliphatic heterocycles. The first-order chi connectivity index (χ1) is 4.84. The molecule has 0 aromatic rings. The molecule has 2 aliphatic rings. The van der Waals surface area contributed by atoms with Crippen LogP contribution in [0.15, 0.2) is 0 Å². The van der Waals surface area contributed by atoms with Gasteiger partial charge < -0.3 is 0 Å². The van der Waals surface area contributed by atoms with Gasteiger partial charge in [-0.25, -0.2) is 0 Å². The molecule has 1 heteroatoms. The summed E-state index contributed by atoms with van der Waals surface area (Å²) in [7, 11) is 2.52. The molecule has 2 fully saturated rings. The SMILES string of the molecule is CC1CC2C[B]CC(C1)C2. The van der Waals surface area contributed by atoms with E-state index in [2.05, 4.69) is 14.2 Å². The second kappa shape index (κ2) is 2.60. The van der Waals surface area contributed by atoms with Gasteiger partial charge in [0, 0.05) is 0 Å². The summed E-state index contributed by atoms with van der Waals surface area (Å²) in [5.74, 6) is 3.17. The van der Waals surface area contributed by atoms with Crippen LogP contribution < -0.4 is 0 Å². The standard InChI is InChI=1S/C9H16B/c1-7-2-8-4-9(3-7)6-10-5-8/h7-9H,2-6H2,1H3. The lowest BCUT2D eigenvalue weighted by Gasteiger charge is -2.37. The van der Waals surface area contributed by atoms with Crippen LogP contribution in [0.25, 0.3) is 0 Å². The van der Waals surface area contributed by atoms with Gasteiger partial charge in [-0.2, -0.15) is 0 Å². The molecule has 1 heterocycles. The normalized spacial score (nSPS) is 46.3. The van der Waals surface area contributed by atoms with E-state index in [1.165, 1.54) is 25.5 Å². The number of fused-ring (bicyclic) bond motifs is 2. The van der Waals surface area contributed by atoms with E-state index < -0.39 is 0 Å². The van der Waals surface area contributed by atoms with Crippen molar-refractivity contribution in [3.63, 3.8) is 0 Å². The molecule has 1 saturated carbocycles. The van der Waals surface area contributed by atoms with E-state index in [1.54, 1.807) is 6.42 Å². The van der Waals surface area contributed by atoms with E-state index >= 15 is 0 Å². The van der Waals surface area contributed by atoms with Crippen LogP contribution >= 0.6 is 0 Å².